The molecule has 0 atom stereocenters. The maximum Gasteiger partial charge on any atom is 0.416 e. The summed E-state index contributed by atoms with van der Waals surface area (Å²) in [6, 6.07) is 11.2. The van der Waals surface area contributed by atoms with Gasteiger partial charge in [0.05, 0.1) is 11.3 Å². The van der Waals surface area contributed by atoms with Gasteiger partial charge in [0.15, 0.2) is 5.13 Å². The quantitative estimate of drug-likeness (QED) is 0.505. The van der Waals surface area contributed by atoms with Crippen LogP contribution in [-0.2, 0) is 6.18 Å². The lowest BCUT2D eigenvalue weighted by Gasteiger charge is -2.08. The van der Waals surface area contributed by atoms with Crippen LogP contribution in [0.25, 0.3) is 11.3 Å². The van der Waals surface area contributed by atoms with Crippen molar-refractivity contribution in [3.8, 4) is 11.3 Å². The van der Waals surface area contributed by atoms with Gasteiger partial charge in [-0.05, 0) is 36.4 Å². The number of aromatic nitrogens is 1. The molecule has 3 rings (SSSR count). The van der Waals surface area contributed by atoms with Gasteiger partial charge in [-0.1, -0.05) is 28.1 Å². The van der Waals surface area contributed by atoms with Crippen molar-refractivity contribution in [2.75, 3.05) is 10.6 Å². The summed E-state index contributed by atoms with van der Waals surface area (Å²) in [6.45, 7) is 0. The highest BCUT2D eigenvalue weighted by molar-refractivity contribution is 9.10. The van der Waals surface area contributed by atoms with Crippen LogP contribution in [0.3, 0.4) is 0 Å². The van der Waals surface area contributed by atoms with Crippen molar-refractivity contribution < 1.29 is 18.0 Å². The minimum atomic E-state index is -4.41. The number of nitrogens with zero attached hydrogens (tertiary/aromatic N) is 1. The number of urea groups is 1. The molecule has 0 aliphatic rings. The number of hydrogen-bond acceptors (Lipinski definition) is 3. The molecule has 1 heterocycles. The van der Waals surface area contributed by atoms with Gasteiger partial charge >= 0.3 is 12.2 Å². The summed E-state index contributed by atoms with van der Waals surface area (Å²) in [4.78, 5) is 16.3. The standard InChI is InChI=1S/C17H11BrF3N3OS/c18-12-5-1-10(2-6-12)14-9-26-16(23-14)24-15(25)22-13-7-3-11(4-8-13)17(19,20)21/h1-9H,(H2,22,23,24,25). The molecule has 0 saturated carbocycles. The first-order valence-corrected chi connectivity index (χ1v) is 8.95. The fourth-order valence-electron chi connectivity index (χ4n) is 2.09. The van der Waals surface area contributed by atoms with E-state index in [1.807, 2.05) is 24.3 Å². The van der Waals surface area contributed by atoms with Crippen molar-refractivity contribution in [3.05, 3.63) is 63.9 Å². The molecule has 0 spiro atoms. The second kappa shape index (κ2) is 7.46. The Morgan fingerprint density at radius 2 is 1.65 bits per heavy atom. The number of nitrogens with one attached hydrogen (secondary N) is 2. The first kappa shape index (κ1) is 18.4. The number of halogens is 4. The number of hydrogen-bond donors (Lipinski definition) is 2. The molecule has 4 nitrogen and oxygen atoms in total. The van der Waals surface area contributed by atoms with Crippen molar-refractivity contribution in [3.63, 3.8) is 0 Å². The molecular weight excluding hydrogens is 431 g/mol. The number of anilines is 2. The van der Waals surface area contributed by atoms with Crippen LogP contribution in [0.15, 0.2) is 58.4 Å². The Morgan fingerprint density at radius 1 is 1.00 bits per heavy atom. The number of alkyl halides is 3. The third-order valence-corrected chi connectivity index (χ3v) is 4.62. The summed E-state index contributed by atoms with van der Waals surface area (Å²) in [5.41, 5.74) is 1.09. The van der Waals surface area contributed by atoms with Gasteiger partial charge in [-0.25, -0.2) is 9.78 Å². The van der Waals surface area contributed by atoms with Crippen molar-refractivity contribution in [1.29, 1.82) is 0 Å². The first-order chi connectivity index (χ1) is 12.3. The van der Waals surface area contributed by atoms with E-state index in [4.69, 9.17) is 0 Å². The summed E-state index contributed by atoms with van der Waals surface area (Å²) in [5, 5.41) is 7.22. The highest BCUT2D eigenvalue weighted by Gasteiger charge is 2.29. The second-order valence-electron chi connectivity index (χ2n) is 5.20. The molecular formula is C17H11BrF3N3OS. The maximum absolute atomic E-state index is 12.5. The number of amides is 2. The third-order valence-electron chi connectivity index (χ3n) is 3.33. The minimum absolute atomic E-state index is 0.250. The molecule has 1 aromatic heterocycles. The summed E-state index contributed by atoms with van der Waals surface area (Å²) in [6.07, 6.45) is -4.41. The number of carbonyl (C=O) groups is 1. The van der Waals surface area contributed by atoms with Crippen LogP contribution in [0.5, 0.6) is 0 Å². The average molecular weight is 442 g/mol. The zero-order chi connectivity index (χ0) is 18.7. The highest BCUT2D eigenvalue weighted by atomic mass is 79.9. The van der Waals surface area contributed by atoms with Crippen LogP contribution in [0.4, 0.5) is 28.8 Å². The molecule has 0 bridgehead atoms. The molecule has 0 aliphatic heterocycles. The fraction of sp³-hybridized carbons (Fsp3) is 0.0588. The molecule has 3 aromatic rings. The number of benzene rings is 2. The van der Waals surface area contributed by atoms with Crippen LogP contribution in [0.2, 0.25) is 0 Å². The van der Waals surface area contributed by atoms with Gasteiger partial charge in [0.25, 0.3) is 0 Å². The van der Waals surface area contributed by atoms with Gasteiger partial charge in [0.2, 0.25) is 0 Å². The van der Waals surface area contributed by atoms with E-state index in [2.05, 4.69) is 31.5 Å². The van der Waals surface area contributed by atoms with Crippen LogP contribution in [0, 0.1) is 0 Å². The van der Waals surface area contributed by atoms with Gasteiger partial charge in [0.1, 0.15) is 0 Å². The molecule has 134 valence electrons. The van der Waals surface area contributed by atoms with E-state index >= 15 is 0 Å². The Kier molecular flexibility index (Phi) is 5.28. The fourth-order valence-corrected chi connectivity index (χ4v) is 3.07. The van der Waals surface area contributed by atoms with E-state index in [1.165, 1.54) is 23.5 Å². The smallest absolute Gasteiger partial charge is 0.308 e. The molecule has 0 aliphatic carbocycles. The number of thiazole rings is 1. The normalized spacial score (nSPS) is 11.2. The number of carbonyl (C=O) groups excluding carboxylic acids is 1. The predicted octanol–water partition coefficient (Wildman–Crippen LogP) is 6.24. The molecule has 9 heteroatoms. The van der Waals surface area contributed by atoms with Gasteiger partial charge in [-0.15, -0.1) is 11.3 Å². The lowest BCUT2D eigenvalue weighted by molar-refractivity contribution is -0.137. The summed E-state index contributed by atoms with van der Waals surface area (Å²) in [7, 11) is 0. The zero-order valence-electron chi connectivity index (χ0n) is 13.0. The van der Waals surface area contributed by atoms with E-state index in [0.29, 0.717) is 10.8 Å². The molecule has 2 aromatic carbocycles. The summed E-state index contributed by atoms with van der Waals surface area (Å²) < 4.78 is 38.5. The van der Waals surface area contributed by atoms with Gasteiger partial charge < -0.3 is 5.32 Å². The highest BCUT2D eigenvalue weighted by Crippen LogP contribution is 2.30. The van der Waals surface area contributed by atoms with Crippen LogP contribution in [0.1, 0.15) is 5.56 Å². The van der Waals surface area contributed by atoms with E-state index in [0.717, 1.165) is 22.2 Å². The van der Waals surface area contributed by atoms with Gasteiger partial charge in [-0.3, -0.25) is 5.32 Å². The van der Waals surface area contributed by atoms with E-state index in [1.54, 1.807) is 5.38 Å². The van der Waals surface area contributed by atoms with Gasteiger partial charge in [-0.2, -0.15) is 13.2 Å². The Morgan fingerprint density at radius 3 is 2.27 bits per heavy atom. The van der Waals surface area contributed by atoms with E-state index in [9.17, 15) is 18.0 Å². The Hall–Kier alpha value is -2.39. The van der Waals surface area contributed by atoms with Crippen LogP contribution >= 0.6 is 27.3 Å². The lowest BCUT2D eigenvalue weighted by Crippen LogP contribution is -2.19. The minimum Gasteiger partial charge on any atom is -0.308 e. The second-order valence-corrected chi connectivity index (χ2v) is 6.97. The van der Waals surface area contributed by atoms with Crippen LogP contribution < -0.4 is 10.6 Å². The van der Waals surface area contributed by atoms with Crippen molar-refractivity contribution in [2.24, 2.45) is 0 Å². The molecule has 0 saturated heterocycles. The van der Waals surface area contributed by atoms with E-state index in [-0.39, 0.29) is 5.69 Å². The van der Waals surface area contributed by atoms with Crippen molar-refractivity contribution >= 4 is 44.1 Å². The maximum atomic E-state index is 12.5. The third kappa shape index (κ3) is 4.61. The Balaban J connectivity index is 1.62. The number of rotatable bonds is 3. The SMILES string of the molecule is O=C(Nc1ccc(C(F)(F)F)cc1)Nc1nc(-c2ccc(Br)cc2)cs1. The Labute approximate surface area is 159 Å². The molecule has 0 fully saturated rings. The zero-order valence-corrected chi connectivity index (χ0v) is 15.4. The molecule has 0 radical (unpaired) electrons. The average Bonchev–Trinajstić information content (AvgIpc) is 3.03. The molecule has 0 unspecified atom stereocenters. The molecule has 2 N–H and O–H groups in total. The molecule has 26 heavy (non-hydrogen) atoms. The Bertz CT molecular complexity index is 908. The predicted molar refractivity (Wildman–Crippen MR) is 99.3 cm³/mol. The van der Waals surface area contributed by atoms with Crippen LogP contribution in [-0.4, -0.2) is 11.0 Å². The van der Waals surface area contributed by atoms with Gasteiger partial charge in [0, 0.05) is 21.1 Å². The van der Waals surface area contributed by atoms with Crippen molar-refractivity contribution in [2.45, 2.75) is 6.18 Å². The first-order valence-electron chi connectivity index (χ1n) is 7.28. The monoisotopic (exact) mass is 441 g/mol. The van der Waals surface area contributed by atoms with Crippen molar-refractivity contribution in [1.82, 2.24) is 4.98 Å². The lowest BCUT2D eigenvalue weighted by atomic mass is 10.2. The molecule has 2 amide bonds. The largest absolute Gasteiger partial charge is 0.416 e. The summed E-state index contributed by atoms with van der Waals surface area (Å²) in [5.74, 6) is 0. The topological polar surface area (TPSA) is 54.0 Å². The van der Waals surface area contributed by atoms with E-state index < -0.39 is 17.8 Å². The summed E-state index contributed by atoms with van der Waals surface area (Å²) >= 11 is 4.61.